The number of methoxy groups -OCH3 is 1. The van der Waals surface area contributed by atoms with Gasteiger partial charge in [-0.1, -0.05) is 19.3 Å². The number of fused-ring (bicyclic) bond motifs is 1. The van der Waals surface area contributed by atoms with Crippen LogP contribution in [0.2, 0.25) is 0 Å². The van der Waals surface area contributed by atoms with E-state index in [0.717, 1.165) is 50.1 Å². The van der Waals surface area contributed by atoms with E-state index in [9.17, 15) is 14.4 Å². The summed E-state index contributed by atoms with van der Waals surface area (Å²) in [6.45, 7) is 5.34. The van der Waals surface area contributed by atoms with Crippen LogP contribution in [0.5, 0.6) is 0 Å². The Balaban J connectivity index is 1.49. The molecule has 4 rings (SSSR count). The minimum absolute atomic E-state index is 0.0563. The number of thiophene rings is 1. The number of ether oxygens (including phenoxy) is 1. The van der Waals surface area contributed by atoms with Crippen LogP contribution in [0.4, 0.5) is 5.69 Å². The molecule has 1 N–H and O–H groups in total. The fourth-order valence-corrected chi connectivity index (χ4v) is 5.83. The molecule has 2 aliphatic rings. The van der Waals surface area contributed by atoms with Crippen LogP contribution in [0.3, 0.4) is 0 Å². The number of amides is 2. The normalized spacial score (nSPS) is 17.8. The Morgan fingerprint density at radius 3 is 2.52 bits per heavy atom. The number of hydrogen-bond acceptors (Lipinski definition) is 7. The molecule has 3 heterocycles. The lowest BCUT2D eigenvalue weighted by Gasteiger charge is -2.33. The van der Waals surface area contributed by atoms with Gasteiger partial charge in [-0.25, -0.2) is 9.78 Å². The first kappa shape index (κ1) is 23.6. The van der Waals surface area contributed by atoms with E-state index in [4.69, 9.17) is 9.72 Å². The maximum Gasteiger partial charge on any atom is 0.350 e. The molecule has 0 bridgehead atoms. The van der Waals surface area contributed by atoms with Gasteiger partial charge in [-0.3, -0.25) is 14.5 Å². The van der Waals surface area contributed by atoms with Gasteiger partial charge in [-0.05, 0) is 30.9 Å². The summed E-state index contributed by atoms with van der Waals surface area (Å²) >= 11 is 1.25. The Bertz CT molecular complexity index is 1020. The average molecular weight is 473 g/mol. The number of anilines is 1. The Morgan fingerprint density at radius 2 is 1.85 bits per heavy atom. The van der Waals surface area contributed by atoms with Crippen molar-refractivity contribution in [3.05, 3.63) is 22.7 Å². The number of aromatic nitrogens is 1. The lowest BCUT2D eigenvalue weighted by molar-refractivity contribution is -0.130. The monoisotopic (exact) mass is 472 g/mol. The summed E-state index contributed by atoms with van der Waals surface area (Å²) in [5.41, 5.74) is 1.41. The van der Waals surface area contributed by atoms with Crippen LogP contribution >= 0.6 is 11.3 Å². The van der Waals surface area contributed by atoms with Gasteiger partial charge in [0.1, 0.15) is 9.71 Å². The van der Waals surface area contributed by atoms with Crippen molar-refractivity contribution in [2.45, 2.75) is 52.0 Å². The number of nitrogens with zero attached hydrogens (tertiary/aromatic N) is 3. The van der Waals surface area contributed by atoms with E-state index in [-0.39, 0.29) is 11.8 Å². The smallest absolute Gasteiger partial charge is 0.350 e. The van der Waals surface area contributed by atoms with Gasteiger partial charge in [-0.2, -0.15) is 0 Å². The SMILES string of the molecule is COC(=O)c1sc2nc(CN3CCN(C(C)=O)CC3)ccc2c1NC(=O)CC1CCCCC1. The molecule has 9 heteroatoms. The van der Waals surface area contributed by atoms with Crippen molar-refractivity contribution in [1.29, 1.82) is 0 Å². The van der Waals surface area contributed by atoms with E-state index >= 15 is 0 Å². The number of esters is 1. The van der Waals surface area contributed by atoms with Gasteiger partial charge in [0.2, 0.25) is 11.8 Å². The molecule has 0 unspecified atom stereocenters. The third-order valence-electron chi connectivity index (χ3n) is 6.65. The second-order valence-corrected chi connectivity index (χ2v) is 9.99. The molecule has 0 atom stereocenters. The van der Waals surface area contributed by atoms with Gasteiger partial charge in [0.15, 0.2) is 0 Å². The first-order chi connectivity index (χ1) is 15.9. The van der Waals surface area contributed by atoms with E-state index in [1.54, 1.807) is 6.92 Å². The van der Waals surface area contributed by atoms with Crippen LogP contribution in [0, 0.1) is 5.92 Å². The lowest BCUT2D eigenvalue weighted by atomic mass is 9.87. The molecule has 0 aromatic carbocycles. The topological polar surface area (TPSA) is 91.8 Å². The summed E-state index contributed by atoms with van der Waals surface area (Å²) in [5, 5.41) is 3.76. The molecule has 1 aliphatic carbocycles. The summed E-state index contributed by atoms with van der Waals surface area (Å²) in [5.74, 6) is 0.00616. The number of piperazine rings is 1. The van der Waals surface area contributed by atoms with Crippen molar-refractivity contribution in [2.24, 2.45) is 5.92 Å². The van der Waals surface area contributed by atoms with Crippen LogP contribution < -0.4 is 5.32 Å². The van der Waals surface area contributed by atoms with Gasteiger partial charge in [0.25, 0.3) is 0 Å². The van der Waals surface area contributed by atoms with Gasteiger partial charge in [0, 0.05) is 51.5 Å². The molecule has 0 spiro atoms. The van der Waals surface area contributed by atoms with Crippen molar-refractivity contribution >= 4 is 45.0 Å². The largest absolute Gasteiger partial charge is 0.465 e. The summed E-state index contributed by atoms with van der Waals surface area (Å²) < 4.78 is 4.97. The minimum atomic E-state index is -0.465. The van der Waals surface area contributed by atoms with Crippen molar-refractivity contribution in [1.82, 2.24) is 14.8 Å². The van der Waals surface area contributed by atoms with Crippen molar-refractivity contribution in [2.75, 3.05) is 38.6 Å². The third kappa shape index (κ3) is 5.70. The first-order valence-corrected chi connectivity index (χ1v) is 12.5. The highest BCUT2D eigenvalue weighted by molar-refractivity contribution is 7.21. The van der Waals surface area contributed by atoms with E-state index in [1.165, 1.54) is 37.7 Å². The maximum atomic E-state index is 12.8. The van der Waals surface area contributed by atoms with Crippen LogP contribution in [0.15, 0.2) is 12.1 Å². The Labute approximate surface area is 198 Å². The summed E-state index contributed by atoms with van der Waals surface area (Å²) in [6.07, 6.45) is 6.28. The van der Waals surface area contributed by atoms with Gasteiger partial charge in [0.05, 0.1) is 18.5 Å². The molecular formula is C24H32N4O4S. The first-order valence-electron chi connectivity index (χ1n) is 11.7. The second-order valence-electron chi connectivity index (χ2n) is 8.99. The van der Waals surface area contributed by atoms with E-state index in [0.29, 0.717) is 34.3 Å². The quantitative estimate of drug-likeness (QED) is 0.645. The molecule has 8 nitrogen and oxygen atoms in total. The number of nitrogens with one attached hydrogen (secondary N) is 1. The van der Waals surface area contributed by atoms with E-state index in [2.05, 4.69) is 10.2 Å². The molecular weight excluding hydrogens is 440 g/mol. The molecule has 1 saturated heterocycles. The summed E-state index contributed by atoms with van der Waals surface area (Å²) in [7, 11) is 1.35. The fourth-order valence-electron chi connectivity index (χ4n) is 4.76. The predicted molar refractivity (Wildman–Crippen MR) is 128 cm³/mol. The van der Waals surface area contributed by atoms with Crippen LogP contribution in [-0.2, 0) is 20.9 Å². The van der Waals surface area contributed by atoms with Gasteiger partial charge < -0.3 is 15.0 Å². The minimum Gasteiger partial charge on any atom is -0.465 e. The lowest BCUT2D eigenvalue weighted by Crippen LogP contribution is -2.47. The van der Waals surface area contributed by atoms with Crippen LogP contribution in [-0.4, -0.2) is 65.9 Å². The van der Waals surface area contributed by atoms with Gasteiger partial charge >= 0.3 is 5.97 Å². The maximum absolute atomic E-state index is 12.8. The highest BCUT2D eigenvalue weighted by Gasteiger charge is 2.24. The molecule has 1 aliphatic heterocycles. The Morgan fingerprint density at radius 1 is 1.12 bits per heavy atom. The summed E-state index contributed by atoms with van der Waals surface area (Å²) in [6, 6.07) is 3.88. The van der Waals surface area contributed by atoms with Crippen molar-refractivity contribution in [3.63, 3.8) is 0 Å². The third-order valence-corrected chi connectivity index (χ3v) is 7.73. The zero-order valence-electron chi connectivity index (χ0n) is 19.4. The molecule has 1 saturated carbocycles. The van der Waals surface area contributed by atoms with Crippen molar-refractivity contribution in [3.8, 4) is 0 Å². The Hall–Kier alpha value is -2.52. The number of pyridine rings is 1. The number of carbonyl (C=O) groups is 3. The highest BCUT2D eigenvalue weighted by Crippen LogP contribution is 2.36. The second kappa shape index (κ2) is 10.6. The van der Waals surface area contributed by atoms with Crippen molar-refractivity contribution < 1.29 is 19.1 Å². The number of rotatable bonds is 6. The number of carbonyl (C=O) groups excluding carboxylic acids is 3. The van der Waals surface area contributed by atoms with Gasteiger partial charge in [-0.15, -0.1) is 11.3 Å². The number of hydrogen-bond donors (Lipinski definition) is 1. The fraction of sp³-hybridized carbons (Fsp3) is 0.583. The molecule has 33 heavy (non-hydrogen) atoms. The van der Waals surface area contributed by atoms with Crippen LogP contribution in [0.1, 0.15) is 60.8 Å². The standard InChI is InChI=1S/C24H32N4O4S/c1-16(29)28-12-10-27(11-13-28)15-18-8-9-19-21(22(24(31)32-2)33-23(19)25-18)26-20(30)14-17-6-4-3-5-7-17/h8-9,17H,3-7,10-15H2,1-2H3,(H,26,30). The highest BCUT2D eigenvalue weighted by atomic mass is 32.1. The average Bonchev–Trinajstić information content (AvgIpc) is 3.17. The molecule has 2 aromatic heterocycles. The summed E-state index contributed by atoms with van der Waals surface area (Å²) in [4.78, 5) is 46.8. The van der Waals surface area contributed by atoms with E-state index in [1.807, 2.05) is 17.0 Å². The molecule has 2 aromatic rings. The van der Waals surface area contributed by atoms with Crippen LogP contribution in [0.25, 0.3) is 10.2 Å². The molecule has 2 amide bonds. The molecule has 178 valence electrons. The molecule has 0 radical (unpaired) electrons. The zero-order chi connectivity index (χ0) is 23.4. The van der Waals surface area contributed by atoms with E-state index < -0.39 is 5.97 Å². The predicted octanol–water partition coefficient (Wildman–Crippen LogP) is 3.66. The zero-order valence-corrected chi connectivity index (χ0v) is 20.2. The molecule has 2 fully saturated rings. The Kier molecular flexibility index (Phi) is 7.60.